The lowest BCUT2D eigenvalue weighted by Gasteiger charge is -2.12. The number of thiophene rings is 2. The third-order valence-corrected chi connectivity index (χ3v) is 10.7. The smallest absolute Gasteiger partial charge is 0.291 e. The lowest BCUT2D eigenvalue weighted by atomic mass is 10.0. The summed E-state index contributed by atoms with van der Waals surface area (Å²) in [4.78, 5) is 25.9. The number of para-hydroxylation sites is 2. The van der Waals surface area contributed by atoms with Crippen LogP contribution in [0.1, 0.15) is 21.7 Å². The predicted octanol–water partition coefficient (Wildman–Crippen LogP) is 8.41. The summed E-state index contributed by atoms with van der Waals surface area (Å²) < 4.78 is 10.3. The molecule has 0 atom stereocenters. The quantitative estimate of drug-likeness (QED) is 0.140. The van der Waals surface area contributed by atoms with E-state index in [4.69, 9.17) is 26.7 Å². The van der Waals surface area contributed by atoms with Crippen LogP contribution in [0.4, 0.5) is 17.3 Å². The monoisotopic (exact) mass is 759 g/mol. The van der Waals surface area contributed by atoms with E-state index in [9.17, 15) is 4.79 Å². The van der Waals surface area contributed by atoms with Crippen molar-refractivity contribution in [3.63, 3.8) is 0 Å². The molecule has 0 aliphatic carbocycles. The van der Waals surface area contributed by atoms with Gasteiger partial charge in [0.15, 0.2) is 5.82 Å². The lowest BCUT2D eigenvalue weighted by Crippen LogP contribution is -2.17. The molecule has 0 fully saturated rings. The van der Waals surface area contributed by atoms with Crippen LogP contribution in [0.2, 0.25) is 0 Å². The summed E-state index contributed by atoms with van der Waals surface area (Å²) in [6, 6.07) is 17.1. The van der Waals surface area contributed by atoms with Gasteiger partial charge in [-0.25, -0.2) is 15.0 Å². The number of allylic oxidation sites excluding steroid dienone is 2. The fraction of sp³-hybridized carbons (Fsp3) is 0.0556. The largest absolute Gasteiger partial charge is 0.495 e. The molecule has 0 saturated heterocycles. The third-order valence-electron chi connectivity index (χ3n) is 7.69. The minimum atomic E-state index is -0.335. The minimum absolute atomic E-state index is 0.304. The molecule has 50 heavy (non-hydrogen) atoms. The van der Waals surface area contributed by atoms with Gasteiger partial charge in [-0.3, -0.25) is 4.79 Å². The van der Waals surface area contributed by atoms with E-state index >= 15 is 0 Å². The van der Waals surface area contributed by atoms with Crippen LogP contribution in [0, 0.1) is 22.7 Å². The molecule has 5 aromatic heterocycles. The molecule has 14 heteroatoms. The van der Waals surface area contributed by atoms with Gasteiger partial charge >= 0.3 is 0 Å². The molecule has 246 valence electrons. The average molecular weight is 761 g/mol. The Bertz CT molecular complexity index is 2570. The number of aromatic nitrogens is 4. The number of anilines is 3. The summed E-state index contributed by atoms with van der Waals surface area (Å²) in [5.74, 6) is 1.38. The highest BCUT2D eigenvalue weighted by Crippen LogP contribution is 2.41. The number of halogens is 1. The van der Waals surface area contributed by atoms with Gasteiger partial charge < -0.3 is 26.1 Å². The molecule has 11 nitrogen and oxygen atoms in total. The molecule has 7 aromatic rings. The predicted molar refractivity (Wildman–Crippen MR) is 206 cm³/mol. The van der Waals surface area contributed by atoms with Gasteiger partial charge in [0, 0.05) is 78.3 Å². The Morgan fingerprint density at radius 1 is 0.960 bits per heavy atom. The maximum absolute atomic E-state index is 13.0. The number of aryl methyl sites for hydroxylation is 1. The maximum Gasteiger partial charge on any atom is 0.291 e. The van der Waals surface area contributed by atoms with E-state index in [1.807, 2.05) is 66.3 Å². The third kappa shape index (κ3) is 6.51. The van der Waals surface area contributed by atoms with Gasteiger partial charge in [0.05, 0.1) is 36.0 Å². The summed E-state index contributed by atoms with van der Waals surface area (Å²) in [6.45, 7) is 0. The standard InChI is InChI=1S/C26H20N6O2S.C10H6BrN3S/c1-32-20-8-4-3-7-18(20)30-25(32)26(33)31-19-10-9-15(12-21(19)34-2)17-14-35-23-16(6-5-11-27)13-29-24(28)22(17)23;11-7-5-15-9-6(2-1-3-12)4-14-10(13)8(7)9/h3-10,12-14H,1-2H3,(H2,28,29)(H,31,33);1-2,4-5H,(H2,13,14)/b6-5+;2-1+. The molecule has 0 aliphatic heterocycles. The number of nitrogens with zero attached hydrogens (tertiary/aromatic N) is 6. The Morgan fingerprint density at radius 3 is 2.26 bits per heavy atom. The summed E-state index contributed by atoms with van der Waals surface area (Å²) >= 11 is 6.53. The number of carbonyl (C=O) groups is 1. The second-order valence-electron chi connectivity index (χ2n) is 10.6. The molecule has 0 saturated carbocycles. The molecule has 7 rings (SSSR count). The maximum atomic E-state index is 13.0. The van der Waals surface area contributed by atoms with Gasteiger partial charge in [0.1, 0.15) is 17.4 Å². The minimum Gasteiger partial charge on any atom is -0.495 e. The van der Waals surface area contributed by atoms with Crippen molar-refractivity contribution in [2.75, 3.05) is 23.9 Å². The Morgan fingerprint density at radius 2 is 1.60 bits per heavy atom. The average Bonchev–Trinajstić information content (AvgIpc) is 3.85. The first-order valence-corrected chi connectivity index (χ1v) is 17.3. The Labute approximate surface area is 302 Å². The molecule has 0 aliphatic rings. The van der Waals surface area contributed by atoms with Gasteiger partial charge in [0.25, 0.3) is 5.91 Å². The molecule has 5 N–H and O–H groups in total. The molecule has 1 amide bonds. The number of nitrogens with one attached hydrogen (secondary N) is 1. The number of hydrogen-bond donors (Lipinski definition) is 3. The molecule has 5 heterocycles. The summed E-state index contributed by atoms with van der Waals surface area (Å²) in [7, 11) is 3.36. The van der Waals surface area contributed by atoms with E-state index < -0.39 is 0 Å². The van der Waals surface area contributed by atoms with Crippen molar-refractivity contribution in [1.82, 2.24) is 19.5 Å². The topological polar surface area (TPSA) is 182 Å². The zero-order valence-corrected chi connectivity index (χ0v) is 29.7. The number of rotatable bonds is 6. The highest BCUT2D eigenvalue weighted by Gasteiger charge is 2.19. The summed E-state index contributed by atoms with van der Waals surface area (Å²) in [5, 5.41) is 26.0. The molecule has 0 bridgehead atoms. The van der Waals surface area contributed by atoms with Crippen LogP contribution >= 0.6 is 38.6 Å². The Kier molecular flexibility index (Phi) is 9.87. The zero-order chi connectivity index (χ0) is 35.4. The number of nitrogen functional groups attached to an aromatic ring is 2. The van der Waals surface area contributed by atoms with E-state index in [-0.39, 0.29) is 5.91 Å². The normalized spacial score (nSPS) is 11.1. The molecular weight excluding hydrogens is 734 g/mol. The van der Waals surface area contributed by atoms with Crippen LogP contribution in [0.25, 0.3) is 54.5 Å². The number of imidazole rings is 1. The first-order valence-electron chi connectivity index (χ1n) is 14.8. The van der Waals surface area contributed by atoms with Crippen molar-refractivity contribution >= 4 is 105 Å². The lowest BCUT2D eigenvalue weighted by molar-refractivity contribution is 0.101. The number of nitrogens with two attached hydrogens (primary N) is 2. The van der Waals surface area contributed by atoms with Gasteiger partial charge in [0.2, 0.25) is 0 Å². The number of fused-ring (bicyclic) bond motifs is 3. The fourth-order valence-corrected chi connectivity index (χ4v) is 8.15. The van der Waals surface area contributed by atoms with E-state index in [0.29, 0.717) is 28.9 Å². The number of pyridine rings is 2. The Balaban J connectivity index is 0.000000240. The number of carbonyl (C=O) groups excluding carboxylic acids is 1. The van der Waals surface area contributed by atoms with Crippen LogP contribution in [-0.4, -0.2) is 32.5 Å². The van der Waals surface area contributed by atoms with Crippen LogP contribution in [0.15, 0.2) is 82.2 Å². The fourth-order valence-electron chi connectivity index (χ4n) is 5.33. The summed E-state index contributed by atoms with van der Waals surface area (Å²) in [6.07, 6.45) is 9.63. The van der Waals surface area contributed by atoms with Gasteiger partial charge in [-0.2, -0.15) is 10.5 Å². The summed E-state index contributed by atoms with van der Waals surface area (Å²) in [5.41, 5.74) is 17.6. The zero-order valence-electron chi connectivity index (χ0n) is 26.5. The molecular formula is C36H26BrN9O2S2. The van der Waals surface area contributed by atoms with Crippen molar-refractivity contribution in [2.45, 2.75) is 0 Å². The highest BCUT2D eigenvalue weighted by molar-refractivity contribution is 9.10. The van der Waals surface area contributed by atoms with Crippen molar-refractivity contribution in [2.24, 2.45) is 7.05 Å². The molecule has 0 spiro atoms. The van der Waals surface area contributed by atoms with Crippen LogP contribution in [-0.2, 0) is 7.05 Å². The molecule has 0 radical (unpaired) electrons. The van der Waals surface area contributed by atoms with Crippen LogP contribution in [0.3, 0.4) is 0 Å². The van der Waals surface area contributed by atoms with Gasteiger partial charge in [-0.15, -0.1) is 22.7 Å². The van der Waals surface area contributed by atoms with Crippen molar-refractivity contribution in [3.8, 4) is 29.0 Å². The SMILES string of the molecule is COc1cc(-c2csc3c(/C=C/C#N)cnc(N)c23)ccc1NC(=O)c1nc2ccccc2n1C.N#C/C=C/c1cnc(N)c2c(Br)csc12. The number of nitriles is 2. The number of amides is 1. The van der Waals surface area contributed by atoms with E-state index in [2.05, 4.69) is 36.2 Å². The van der Waals surface area contributed by atoms with Gasteiger partial charge in [-0.05, 0) is 63.3 Å². The van der Waals surface area contributed by atoms with E-state index in [1.54, 1.807) is 53.6 Å². The number of hydrogen-bond acceptors (Lipinski definition) is 11. The van der Waals surface area contributed by atoms with Gasteiger partial charge in [-0.1, -0.05) is 18.2 Å². The van der Waals surface area contributed by atoms with E-state index in [0.717, 1.165) is 57.9 Å². The van der Waals surface area contributed by atoms with Crippen LogP contribution < -0.4 is 21.5 Å². The van der Waals surface area contributed by atoms with Crippen molar-refractivity contribution < 1.29 is 9.53 Å². The first-order chi connectivity index (χ1) is 24.2. The van der Waals surface area contributed by atoms with Crippen molar-refractivity contribution in [1.29, 1.82) is 10.5 Å². The van der Waals surface area contributed by atoms with Crippen molar-refractivity contribution in [3.05, 3.63) is 99.2 Å². The number of benzene rings is 2. The van der Waals surface area contributed by atoms with Crippen LogP contribution in [0.5, 0.6) is 5.75 Å². The Hall–Kier alpha value is -6.06. The molecule has 0 unspecified atom stereocenters. The number of ether oxygens (including phenoxy) is 1. The second-order valence-corrected chi connectivity index (χ2v) is 13.2. The first kappa shape index (κ1) is 33.8. The number of methoxy groups -OCH3 is 1. The molecule has 2 aromatic carbocycles. The van der Waals surface area contributed by atoms with E-state index in [1.165, 1.54) is 23.5 Å². The second kappa shape index (κ2) is 14.6. The highest BCUT2D eigenvalue weighted by atomic mass is 79.9.